The Morgan fingerprint density at radius 3 is 2.82 bits per heavy atom. The molecule has 0 aliphatic carbocycles. The van der Waals surface area contributed by atoms with Gasteiger partial charge in [-0.1, -0.05) is 11.6 Å². The van der Waals surface area contributed by atoms with E-state index >= 15 is 0 Å². The van der Waals surface area contributed by atoms with Gasteiger partial charge in [-0.15, -0.1) is 0 Å². The standard InChI is InChI=1S/C17H16ClN5O4S/c1-22-4-2-12(8-15(22)24)20-17(25)13-3-5-23(13)28(26,27)14-7-11(18)6-10-9-19-21-16(10)14/h2,4,6-9,13H,3,5H2,1H3,(H,19,21)(H,20,25)/t13-/m0/s1. The molecule has 11 heteroatoms. The van der Waals surface area contributed by atoms with E-state index in [0.29, 0.717) is 23.0 Å². The van der Waals surface area contributed by atoms with Gasteiger partial charge in [-0.25, -0.2) is 8.42 Å². The summed E-state index contributed by atoms with van der Waals surface area (Å²) >= 11 is 6.05. The number of carbonyl (C=O) groups excluding carboxylic acids is 1. The first kappa shape index (κ1) is 18.7. The van der Waals surface area contributed by atoms with Gasteiger partial charge in [-0.3, -0.25) is 14.7 Å². The zero-order chi connectivity index (χ0) is 20.1. The third-order valence-electron chi connectivity index (χ3n) is 4.71. The van der Waals surface area contributed by atoms with Crippen molar-refractivity contribution in [2.45, 2.75) is 17.4 Å². The van der Waals surface area contributed by atoms with Crippen molar-refractivity contribution in [3.05, 3.63) is 52.0 Å². The van der Waals surface area contributed by atoms with Crippen LogP contribution in [0.2, 0.25) is 5.02 Å². The van der Waals surface area contributed by atoms with Crippen LogP contribution in [0.1, 0.15) is 6.42 Å². The third kappa shape index (κ3) is 3.09. The van der Waals surface area contributed by atoms with Crippen LogP contribution in [0.15, 0.2) is 46.3 Å². The van der Waals surface area contributed by atoms with Gasteiger partial charge in [0.15, 0.2) is 0 Å². The lowest BCUT2D eigenvalue weighted by Crippen LogP contribution is -2.56. The summed E-state index contributed by atoms with van der Waals surface area (Å²) in [6, 6.07) is 4.93. The third-order valence-corrected chi connectivity index (χ3v) is 6.86. The quantitative estimate of drug-likeness (QED) is 0.658. The minimum atomic E-state index is -3.97. The number of aromatic nitrogens is 3. The van der Waals surface area contributed by atoms with Crippen LogP contribution in [0.3, 0.4) is 0 Å². The van der Waals surface area contributed by atoms with E-state index in [1.807, 2.05) is 0 Å². The molecule has 0 unspecified atom stereocenters. The Morgan fingerprint density at radius 1 is 1.36 bits per heavy atom. The summed E-state index contributed by atoms with van der Waals surface area (Å²) in [5.41, 5.74) is 0.370. The van der Waals surface area contributed by atoms with E-state index in [1.54, 1.807) is 19.2 Å². The number of hydrogen-bond acceptors (Lipinski definition) is 5. The molecule has 1 saturated heterocycles. The molecule has 1 fully saturated rings. The summed E-state index contributed by atoms with van der Waals surface area (Å²) in [5, 5.41) is 9.96. The number of sulfonamides is 1. The fourth-order valence-electron chi connectivity index (χ4n) is 3.08. The van der Waals surface area contributed by atoms with Gasteiger partial charge >= 0.3 is 0 Å². The van der Waals surface area contributed by atoms with Crippen molar-refractivity contribution >= 4 is 44.1 Å². The minimum absolute atomic E-state index is 0.0291. The molecule has 1 aliphatic rings. The van der Waals surface area contributed by atoms with Crippen LogP contribution in [0.25, 0.3) is 10.9 Å². The number of rotatable bonds is 4. The smallest absolute Gasteiger partial charge is 0.252 e. The molecule has 0 bridgehead atoms. The highest BCUT2D eigenvalue weighted by Crippen LogP contribution is 2.33. The topological polar surface area (TPSA) is 117 Å². The molecule has 0 radical (unpaired) electrons. The summed E-state index contributed by atoms with van der Waals surface area (Å²) in [6.07, 6.45) is 3.38. The van der Waals surface area contributed by atoms with E-state index in [9.17, 15) is 18.0 Å². The Labute approximate surface area is 165 Å². The largest absolute Gasteiger partial charge is 0.324 e. The molecule has 146 valence electrons. The van der Waals surface area contributed by atoms with Gasteiger partial charge in [0.1, 0.15) is 10.9 Å². The number of amides is 1. The number of benzene rings is 1. The normalized spacial score (nSPS) is 17.4. The number of hydrogen-bond donors (Lipinski definition) is 2. The van der Waals surface area contributed by atoms with Crippen molar-refractivity contribution in [2.24, 2.45) is 7.05 Å². The first-order valence-electron chi connectivity index (χ1n) is 8.39. The summed E-state index contributed by atoms with van der Waals surface area (Å²) in [7, 11) is -2.38. The highest BCUT2D eigenvalue weighted by atomic mass is 35.5. The summed E-state index contributed by atoms with van der Waals surface area (Å²) < 4.78 is 28.7. The van der Waals surface area contributed by atoms with Crippen molar-refractivity contribution in [1.82, 2.24) is 19.1 Å². The number of aromatic amines is 1. The Bertz CT molecular complexity index is 1250. The number of fused-ring (bicyclic) bond motifs is 1. The lowest BCUT2D eigenvalue weighted by atomic mass is 10.1. The molecule has 1 atom stereocenters. The molecule has 3 heterocycles. The average Bonchev–Trinajstić information content (AvgIpc) is 3.04. The van der Waals surface area contributed by atoms with Crippen LogP contribution in [0, 0.1) is 0 Å². The predicted molar refractivity (Wildman–Crippen MR) is 104 cm³/mol. The molecule has 2 N–H and O–H groups in total. The molecular weight excluding hydrogens is 406 g/mol. The maximum Gasteiger partial charge on any atom is 0.252 e. The number of H-pyrrole nitrogens is 1. The van der Waals surface area contributed by atoms with Crippen molar-refractivity contribution in [3.63, 3.8) is 0 Å². The fourth-order valence-corrected chi connectivity index (χ4v) is 5.21. The Balaban J connectivity index is 1.62. The lowest BCUT2D eigenvalue weighted by molar-refractivity contribution is -0.122. The van der Waals surface area contributed by atoms with Gasteiger partial charge in [-0.05, 0) is 24.6 Å². The molecule has 1 aliphatic heterocycles. The van der Waals surface area contributed by atoms with Crippen molar-refractivity contribution in [2.75, 3.05) is 11.9 Å². The summed E-state index contributed by atoms with van der Waals surface area (Å²) in [5.74, 6) is -0.494. The zero-order valence-corrected chi connectivity index (χ0v) is 16.3. The molecule has 0 saturated carbocycles. The van der Waals surface area contributed by atoms with E-state index < -0.39 is 22.0 Å². The van der Waals surface area contributed by atoms with Gasteiger partial charge in [0, 0.05) is 42.0 Å². The molecule has 4 rings (SSSR count). The number of aryl methyl sites for hydroxylation is 1. The van der Waals surface area contributed by atoms with Crippen molar-refractivity contribution in [1.29, 1.82) is 0 Å². The minimum Gasteiger partial charge on any atom is -0.324 e. The van der Waals surface area contributed by atoms with Crippen LogP contribution in [-0.4, -0.2) is 46.0 Å². The SMILES string of the molecule is Cn1ccc(NC(=O)[C@@H]2CCN2S(=O)(=O)c2cc(Cl)cc3cn[nH]c23)cc1=O. The maximum atomic E-state index is 13.1. The van der Waals surface area contributed by atoms with E-state index in [4.69, 9.17) is 11.6 Å². The zero-order valence-electron chi connectivity index (χ0n) is 14.7. The van der Waals surface area contributed by atoms with Crippen molar-refractivity contribution < 1.29 is 13.2 Å². The first-order valence-corrected chi connectivity index (χ1v) is 10.2. The van der Waals surface area contributed by atoms with Crippen LogP contribution in [0.5, 0.6) is 0 Å². The van der Waals surface area contributed by atoms with Crippen molar-refractivity contribution in [3.8, 4) is 0 Å². The predicted octanol–water partition coefficient (Wildman–Crippen LogP) is 1.32. The molecule has 3 aromatic rings. The Hall–Kier alpha value is -2.69. The molecule has 2 aromatic heterocycles. The summed E-state index contributed by atoms with van der Waals surface area (Å²) in [4.78, 5) is 24.3. The number of anilines is 1. The second kappa shape index (κ2) is 6.73. The second-order valence-electron chi connectivity index (χ2n) is 6.51. The van der Waals surface area contributed by atoms with Gasteiger partial charge in [-0.2, -0.15) is 9.40 Å². The van der Waals surface area contributed by atoms with E-state index in [0.717, 1.165) is 4.31 Å². The number of nitrogens with zero attached hydrogens (tertiary/aromatic N) is 3. The Kier molecular flexibility index (Phi) is 4.48. The second-order valence-corrected chi connectivity index (χ2v) is 8.81. The maximum absolute atomic E-state index is 13.1. The lowest BCUT2D eigenvalue weighted by Gasteiger charge is -2.38. The van der Waals surface area contributed by atoms with Crippen LogP contribution in [-0.2, 0) is 21.9 Å². The molecule has 0 spiro atoms. The number of halogens is 1. The highest BCUT2D eigenvalue weighted by molar-refractivity contribution is 7.89. The molecular formula is C17H16ClN5O4S. The number of pyridine rings is 1. The fraction of sp³-hybridized carbons (Fsp3) is 0.235. The van der Waals surface area contributed by atoms with E-state index in [-0.39, 0.29) is 22.0 Å². The first-order chi connectivity index (χ1) is 13.3. The molecule has 1 amide bonds. The van der Waals surface area contributed by atoms with E-state index in [2.05, 4.69) is 15.5 Å². The molecule has 28 heavy (non-hydrogen) atoms. The van der Waals surface area contributed by atoms with Gasteiger partial charge in [0.05, 0.1) is 11.7 Å². The summed E-state index contributed by atoms with van der Waals surface area (Å²) in [6.45, 7) is 0.207. The average molecular weight is 422 g/mol. The van der Waals surface area contributed by atoms with Crippen LogP contribution >= 0.6 is 11.6 Å². The van der Waals surface area contributed by atoms with Gasteiger partial charge < -0.3 is 9.88 Å². The van der Waals surface area contributed by atoms with Gasteiger partial charge in [0.2, 0.25) is 15.9 Å². The van der Waals surface area contributed by atoms with Crippen LogP contribution in [0.4, 0.5) is 5.69 Å². The number of carbonyl (C=O) groups is 1. The van der Waals surface area contributed by atoms with Gasteiger partial charge in [0.25, 0.3) is 5.56 Å². The van der Waals surface area contributed by atoms with Crippen LogP contribution < -0.4 is 10.9 Å². The molecule has 9 nitrogen and oxygen atoms in total. The molecule has 1 aromatic carbocycles. The highest BCUT2D eigenvalue weighted by Gasteiger charge is 2.43. The number of nitrogens with one attached hydrogen (secondary N) is 2. The monoisotopic (exact) mass is 421 g/mol. The Morgan fingerprint density at radius 2 is 2.14 bits per heavy atom. The van der Waals surface area contributed by atoms with E-state index in [1.165, 1.54) is 29.1 Å².